The van der Waals surface area contributed by atoms with Crippen molar-refractivity contribution >= 4 is 46.0 Å². The highest BCUT2D eigenvalue weighted by atomic mass is 32.2. The number of hydrogen-bond acceptors (Lipinski definition) is 8. The van der Waals surface area contributed by atoms with Crippen LogP contribution in [0.5, 0.6) is 17.2 Å². The van der Waals surface area contributed by atoms with E-state index in [0.717, 1.165) is 54.2 Å². The summed E-state index contributed by atoms with van der Waals surface area (Å²) in [5, 5.41) is 4.03. The molecule has 0 spiro atoms. The Labute approximate surface area is 252 Å². The number of carbonyl (C=O) groups excluding carboxylic acids is 1. The Morgan fingerprint density at radius 1 is 1.00 bits per heavy atom. The Bertz CT molecular complexity index is 1590. The summed E-state index contributed by atoms with van der Waals surface area (Å²) in [6.45, 7) is 10.3. The van der Waals surface area contributed by atoms with Crippen LogP contribution in [0.1, 0.15) is 36.8 Å². The molecule has 0 unspecified atom stereocenters. The number of pyridine rings is 1. The van der Waals surface area contributed by atoms with Crippen LogP contribution in [0.25, 0.3) is 10.9 Å². The number of rotatable bonds is 8. The maximum atomic E-state index is 13.7. The Balaban J connectivity index is 1.45. The lowest BCUT2D eigenvalue weighted by molar-refractivity contribution is 0.101. The number of carbonyl (C=O) groups is 1. The van der Waals surface area contributed by atoms with Gasteiger partial charge >= 0.3 is 0 Å². The van der Waals surface area contributed by atoms with Gasteiger partial charge in [0.2, 0.25) is 0 Å². The summed E-state index contributed by atoms with van der Waals surface area (Å²) in [5.41, 5.74) is 3.73. The normalized spacial score (nSPS) is 14.2. The van der Waals surface area contributed by atoms with E-state index in [0.29, 0.717) is 28.6 Å². The number of ether oxygens (including phenoxy) is 2. The van der Waals surface area contributed by atoms with Crippen molar-refractivity contribution in [2.75, 3.05) is 61.5 Å². The van der Waals surface area contributed by atoms with E-state index in [9.17, 15) is 4.79 Å². The number of amides is 1. The van der Waals surface area contributed by atoms with Crippen LogP contribution in [0.2, 0.25) is 0 Å². The second-order valence-electron chi connectivity index (χ2n) is 11.6. The SMILES string of the molecule is COc1c(NSC)cc(C(C)(C)C)cc1NC(=O)c1cc2cccc(Oc3ccnc(N4CCN(C)CC4)c3)c2n1C. The van der Waals surface area contributed by atoms with Crippen LogP contribution >= 0.6 is 11.9 Å². The topological polar surface area (TPSA) is 83.9 Å². The van der Waals surface area contributed by atoms with Crippen LogP contribution in [0, 0.1) is 0 Å². The zero-order chi connectivity index (χ0) is 30.0. The molecule has 0 radical (unpaired) electrons. The fourth-order valence-electron chi connectivity index (χ4n) is 5.22. The van der Waals surface area contributed by atoms with E-state index in [1.54, 1.807) is 13.3 Å². The van der Waals surface area contributed by atoms with Crippen molar-refractivity contribution in [3.63, 3.8) is 0 Å². The fraction of sp³-hybridized carbons (Fsp3) is 0.375. The van der Waals surface area contributed by atoms with Crippen molar-refractivity contribution in [1.29, 1.82) is 0 Å². The first kappa shape index (κ1) is 29.6. The second kappa shape index (κ2) is 12.1. The molecule has 1 fully saturated rings. The van der Waals surface area contributed by atoms with Gasteiger partial charge in [0, 0.05) is 57.1 Å². The number of aryl methyl sites for hydroxylation is 1. The highest BCUT2D eigenvalue weighted by Crippen LogP contribution is 2.40. The van der Waals surface area contributed by atoms with Gasteiger partial charge in [0.05, 0.1) is 24.0 Å². The molecule has 1 aliphatic rings. The Kier molecular flexibility index (Phi) is 8.56. The highest BCUT2D eigenvalue weighted by Gasteiger charge is 2.23. The summed E-state index contributed by atoms with van der Waals surface area (Å²) in [6, 6.07) is 15.7. The number of likely N-dealkylation sites (N-methyl/N-ethyl adjacent to an activating group) is 1. The molecule has 0 aliphatic carbocycles. The third kappa shape index (κ3) is 6.15. The molecule has 1 amide bonds. The van der Waals surface area contributed by atoms with E-state index in [2.05, 4.69) is 58.7 Å². The smallest absolute Gasteiger partial charge is 0.272 e. The number of nitrogens with zero attached hydrogens (tertiary/aromatic N) is 4. The number of fused-ring (bicyclic) bond motifs is 1. The first-order valence-electron chi connectivity index (χ1n) is 14.1. The molecule has 1 saturated heterocycles. The highest BCUT2D eigenvalue weighted by molar-refractivity contribution is 7.99. The maximum Gasteiger partial charge on any atom is 0.272 e. The number of benzene rings is 2. The molecular formula is C32H40N6O3S. The number of nitrogens with one attached hydrogen (secondary N) is 2. The summed E-state index contributed by atoms with van der Waals surface area (Å²) in [4.78, 5) is 22.9. The van der Waals surface area contributed by atoms with Crippen LogP contribution in [0.15, 0.2) is 54.7 Å². The minimum absolute atomic E-state index is 0.121. The number of piperazine rings is 1. The molecule has 3 heterocycles. The third-order valence-electron chi connectivity index (χ3n) is 7.64. The molecule has 1 aliphatic heterocycles. The van der Waals surface area contributed by atoms with Gasteiger partial charge < -0.3 is 33.9 Å². The number of methoxy groups -OCH3 is 1. The van der Waals surface area contributed by atoms with Crippen molar-refractivity contribution < 1.29 is 14.3 Å². The Morgan fingerprint density at radius 2 is 1.74 bits per heavy atom. The number of hydrogen-bond donors (Lipinski definition) is 2. The minimum Gasteiger partial charge on any atom is -0.492 e. The zero-order valence-corrected chi connectivity index (χ0v) is 26.3. The summed E-state index contributed by atoms with van der Waals surface area (Å²) < 4.78 is 17.3. The van der Waals surface area contributed by atoms with Crippen molar-refractivity contribution in [3.05, 3.63) is 66.0 Å². The van der Waals surface area contributed by atoms with E-state index in [-0.39, 0.29) is 11.3 Å². The summed E-state index contributed by atoms with van der Waals surface area (Å²) >= 11 is 1.47. The van der Waals surface area contributed by atoms with Gasteiger partial charge in [-0.05, 0) is 48.4 Å². The standard InChI is InChI=1S/C32H40N6O3S/c1-32(2,3)22-18-24(30(40-6)25(19-22)35-42-7)34-31(39)26-17-21-9-8-10-27(29(21)37(26)5)41-23-11-12-33-28(20-23)38-15-13-36(4)14-16-38/h8-12,17-20,35H,13-16H2,1-7H3,(H,34,39). The number of aromatic nitrogens is 2. The lowest BCUT2D eigenvalue weighted by atomic mass is 9.86. The van der Waals surface area contributed by atoms with E-state index in [4.69, 9.17) is 9.47 Å². The van der Waals surface area contributed by atoms with Crippen molar-refractivity contribution in [3.8, 4) is 17.2 Å². The van der Waals surface area contributed by atoms with Crippen LogP contribution in [-0.2, 0) is 12.5 Å². The molecule has 0 saturated carbocycles. The van der Waals surface area contributed by atoms with E-state index < -0.39 is 0 Å². The molecule has 2 N–H and O–H groups in total. The average molecular weight is 589 g/mol. The van der Waals surface area contributed by atoms with Gasteiger partial charge in [-0.15, -0.1) is 0 Å². The maximum absolute atomic E-state index is 13.7. The summed E-state index contributed by atoms with van der Waals surface area (Å²) in [6.07, 6.45) is 3.74. The van der Waals surface area contributed by atoms with Crippen LogP contribution < -0.4 is 24.4 Å². The Morgan fingerprint density at radius 3 is 2.43 bits per heavy atom. The van der Waals surface area contributed by atoms with Gasteiger partial charge in [-0.2, -0.15) is 0 Å². The first-order valence-corrected chi connectivity index (χ1v) is 15.3. The lowest BCUT2D eigenvalue weighted by Gasteiger charge is -2.33. The van der Waals surface area contributed by atoms with Crippen LogP contribution in [0.4, 0.5) is 17.2 Å². The van der Waals surface area contributed by atoms with Gasteiger partial charge in [-0.1, -0.05) is 44.9 Å². The average Bonchev–Trinajstić information content (AvgIpc) is 3.30. The minimum atomic E-state index is -0.236. The molecule has 4 aromatic rings. The van der Waals surface area contributed by atoms with E-state index in [1.165, 1.54) is 11.9 Å². The second-order valence-corrected chi connectivity index (χ2v) is 12.3. The molecule has 5 rings (SSSR count). The molecule has 2 aromatic carbocycles. The fourth-order valence-corrected chi connectivity index (χ4v) is 5.60. The predicted octanol–water partition coefficient (Wildman–Crippen LogP) is 6.37. The molecule has 10 heteroatoms. The van der Waals surface area contributed by atoms with Gasteiger partial charge in [0.25, 0.3) is 5.91 Å². The predicted molar refractivity (Wildman–Crippen MR) is 174 cm³/mol. The molecule has 0 bridgehead atoms. The number of anilines is 3. The largest absolute Gasteiger partial charge is 0.492 e. The molecule has 2 aromatic heterocycles. The molecule has 222 valence electrons. The van der Waals surface area contributed by atoms with Crippen molar-refractivity contribution in [2.24, 2.45) is 7.05 Å². The van der Waals surface area contributed by atoms with Gasteiger partial charge in [0.15, 0.2) is 11.5 Å². The Hall–Kier alpha value is -3.89. The molecule has 42 heavy (non-hydrogen) atoms. The summed E-state index contributed by atoms with van der Waals surface area (Å²) in [5.74, 6) is 2.63. The lowest BCUT2D eigenvalue weighted by Crippen LogP contribution is -2.44. The zero-order valence-electron chi connectivity index (χ0n) is 25.4. The van der Waals surface area contributed by atoms with Gasteiger partial charge in [-0.3, -0.25) is 4.79 Å². The van der Waals surface area contributed by atoms with Crippen molar-refractivity contribution in [2.45, 2.75) is 26.2 Å². The molecular weight excluding hydrogens is 548 g/mol. The molecule has 0 atom stereocenters. The molecule has 9 nitrogen and oxygen atoms in total. The third-order valence-corrected chi connectivity index (χ3v) is 8.07. The quantitative estimate of drug-likeness (QED) is 0.230. The van der Waals surface area contributed by atoms with Crippen LogP contribution in [-0.4, -0.2) is 67.0 Å². The monoisotopic (exact) mass is 588 g/mol. The van der Waals surface area contributed by atoms with E-state index >= 15 is 0 Å². The van der Waals surface area contributed by atoms with Crippen LogP contribution in [0.3, 0.4) is 0 Å². The van der Waals surface area contributed by atoms with E-state index in [1.807, 2.05) is 60.3 Å². The van der Waals surface area contributed by atoms with Gasteiger partial charge in [0.1, 0.15) is 17.3 Å². The first-order chi connectivity index (χ1) is 20.1. The number of para-hydroxylation sites is 1. The van der Waals surface area contributed by atoms with Crippen molar-refractivity contribution in [1.82, 2.24) is 14.5 Å². The summed E-state index contributed by atoms with van der Waals surface area (Å²) in [7, 11) is 5.64. The van der Waals surface area contributed by atoms with Gasteiger partial charge in [-0.25, -0.2) is 4.98 Å².